The van der Waals surface area contributed by atoms with Crippen LogP contribution in [0.15, 0.2) is 89.4 Å². The third kappa shape index (κ3) is 7.47. The Bertz CT molecular complexity index is 2150. The molecule has 3 aliphatic carbocycles. The first kappa shape index (κ1) is 42.3. The van der Waals surface area contributed by atoms with Crippen LogP contribution in [0.4, 0.5) is 11.4 Å². The number of carbonyl (C=O) groups is 4. The van der Waals surface area contributed by atoms with Crippen LogP contribution in [0.3, 0.4) is 0 Å². The Kier molecular flexibility index (Phi) is 12.2. The van der Waals surface area contributed by atoms with Crippen LogP contribution in [-0.2, 0) is 20.0 Å². The molecule has 0 radical (unpaired) electrons. The number of aliphatic hydroxyl groups is 4. The number of nitrogens with two attached hydrogens (primary N) is 2. The number of phenolic OH excluding ortho intramolecular Hbond substituents is 1. The van der Waals surface area contributed by atoms with Gasteiger partial charge in [-0.3, -0.25) is 44.3 Å². The van der Waals surface area contributed by atoms with Gasteiger partial charge < -0.3 is 41.7 Å². The van der Waals surface area contributed by atoms with Crippen LogP contribution < -0.4 is 16.2 Å². The number of amides is 2. The van der Waals surface area contributed by atoms with E-state index >= 15 is 0 Å². The fourth-order valence-corrected chi connectivity index (χ4v) is 7.02. The highest BCUT2D eigenvalue weighted by atomic mass is 35.5. The van der Waals surface area contributed by atoms with Crippen molar-refractivity contribution in [3.05, 3.63) is 121 Å². The molecule has 0 aliphatic heterocycles. The standard InChI is InChI=1S/C22H24N2O8.C12H8N2O5.C2H4ClNO/c1-21(31)8-5-4-6-11(25)12(8)16(26)13-9(21)7-10-15(24(2)3)17(27)14(20(23)30)19(29)22(10,32)18(13)28;15-13(16)9-5-1-3-7-11(9)19-12-8-4-2-6-10(12)14(17)18;3-1-2(4)5/h4-6,9-10,15,25,27-28,31-32H,7H2,1-3H3,(H2,23,30);1-8H;1H2,(H2,4,5)/t9-,10-,15-,21+,22-;;/m0../s1. The number of benzene rings is 3. The summed E-state index contributed by atoms with van der Waals surface area (Å²) in [7, 11) is 3.06. The van der Waals surface area contributed by atoms with E-state index in [9.17, 15) is 64.9 Å². The number of ether oxygens (including phenoxy) is 1. The van der Waals surface area contributed by atoms with Crippen molar-refractivity contribution in [2.75, 3.05) is 20.0 Å². The number of hydrogen-bond donors (Lipinski definition) is 7. The Morgan fingerprint density at radius 3 is 1.86 bits per heavy atom. The molecule has 9 N–H and O–H groups in total. The highest BCUT2D eigenvalue weighted by molar-refractivity contribution is 6.27. The summed E-state index contributed by atoms with van der Waals surface area (Å²) in [5, 5.41) is 76.7. The minimum Gasteiger partial charge on any atom is -0.510 e. The molecule has 3 aliphatic rings. The zero-order valence-corrected chi connectivity index (χ0v) is 30.5. The average molecular weight is 798 g/mol. The second-order valence-corrected chi connectivity index (χ2v) is 13.4. The summed E-state index contributed by atoms with van der Waals surface area (Å²) < 4.78 is 5.28. The molecule has 0 spiro atoms. The van der Waals surface area contributed by atoms with Crippen molar-refractivity contribution < 1.29 is 59.3 Å². The van der Waals surface area contributed by atoms with Gasteiger partial charge in [-0.25, -0.2) is 0 Å². The molecule has 296 valence electrons. The number of para-hydroxylation sites is 4. The number of alkyl halides is 1. The van der Waals surface area contributed by atoms with Gasteiger partial charge in [0.05, 0.1) is 27.1 Å². The number of Topliss-reactive ketones (excluding diaryl/α,β-unsaturated/α-hetero) is 2. The number of carbonyl (C=O) groups excluding carboxylic acids is 4. The Morgan fingerprint density at radius 2 is 1.41 bits per heavy atom. The lowest BCUT2D eigenvalue weighted by atomic mass is 9.55. The number of hydrogen-bond acceptors (Lipinski definition) is 15. The van der Waals surface area contributed by atoms with Crippen LogP contribution in [0.1, 0.15) is 29.3 Å². The molecule has 6 rings (SSSR count). The molecule has 20 heteroatoms. The Hall–Kier alpha value is -6.41. The molecule has 0 saturated carbocycles. The lowest BCUT2D eigenvalue weighted by molar-refractivity contribution is -0.387. The van der Waals surface area contributed by atoms with Crippen LogP contribution in [0.2, 0.25) is 0 Å². The van der Waals surface area contributed by atoms with E-state index in [2.05, 4.69) is 5.73 Å². The quantitative estimate of drug-likeness (QED) is 0.0782. The Morgan fingerprint density at radius 1 is 0.911 bits per heavy atom. The molecule has 0 unspecified atom stereocenters. The molecular weight excluding hydrogens is 762 g/mol. The van der Waals surface area contributed by atoms with Crippen molar-refractivity contribution in [1.29, 1.82) is 0 Å². The maximum absolute atomic E-state index is 13.3. The van der Waals surface area contributed by atoms with Gasteiger partial charge in [-0.15, -0.1) is 11.6 Å². The normalized spacial score (nSPS) is 23.7. The number of nitro groups is 2. The molecule has 56 heavy (non-hydrogen) atoms. The summed E-state index contributed by atoms with van der Waals surface area (Å²) in [6.07, 6.45) is -0.200. The second-order valence-electron chi connectivity index (χ2n) is 13.1. The van der Waals surface area contributed by atoms with E-state index in [-0.39, 0.29) is 46.3 Å². The topological polar surface area (TPSA) is 320 Å². The van der Waals surface area contributed by atoms with Crippen molar-refractivity contribution in [2.45, 2.75) is 30.6 Å². The molecular formula is C36H36ClN5O14. The number of aliphatic hydroxyl groups excluding tert-OH is 2. The molecule has 0 bridgehead atoms. The van der Waals surface area contributed by atoms with Crippen LogP contribution in [0.25, 0.3) is 0 Å². The highest BCUT2D eigenvalue weighted by Gasteiger charge is 2.65. The van der Waals surface area contributed by atoms with Gasteiger partial charge in [0, 0.05) is 29.5 Å². The summed E-state index contributed by atoms with van der Waals surface area (Å²) >= 11 is 4.86. The van der Waals surface area contributed by atoms with E-state index in [0.29, 0.717) is 0 Å². The molecule has 0 fully saturated rings. The van der Waals surface area contributed by atoms with Gasteiger partial charge in [-0.05, 0) is 51.2 Å². The summed E-state index contributed by atoms with van der Waals surface area (Å²) in [6.45, 7) is 1.40. The summed E-state index contributed by atoms with van der Waals surface area (Å²) in [5.41, 5.74) is 3.37. The SMILES string of the molecule is CN(C)[C@@H]1C(O)=C(C(N)=O)C(=O)[C@@]2(O)C(O)=C3C(=O)c4c(O)cccc4[C@@](C)(O)[C@H]3C[C@@H]12.NC(=O)CCl.O=[N+]([O-])c1ccccc1Oc1ccccc1[N+](=O)[O-]. The van der Waals surface area contributed by atoms with Crippen molar-refractivity contribution in [3.63, 3.8) is 0 Å². The summed E-state index contributed by atoms with van der Waals surface area (Å²) in [4.78, 5) is 69.7. The maximum atomic E-state index is 13.3. The van der Waals surface area contributed by atoms with Crippen molar-refractivity contribution in [1.82, 2.24) is 4.90 Å². The fourth-order valence-electron chi connectivity index (χ4n) is 7.02. The molecule has 3 aromatic rings. The Balaban J connectivity index is 0.000000245. The first-order valence-electron chi connectivity index (χ1n) is 16.3. The zero-order chi connectivity index (χ0) is 42.0. The van der Waals surface area contributed by atoms with Gasteiger partial charge in [0.2, 0.25) is 23.2 Å². The minimum atomic E-state index is -2.75. The highest BCUT2D eigenvalue weighted by Crippen LogP contribution is 2.56. The number of nitro benzene ring substituents is 2. The number of nitrogens with zero attached hydrogens (tertiary/aromatic N) is 3. The van der Waals surface area contributed by atoms with E-state index in [4.69, 9.17) is 22.1 Å². The van der Waals surface area contributed by atoms with Gasteiger partial charge in [0.15, 0.2) is 11.4 Å². The number of aromatic hydroxyl groups is 1. The van der Waals surface area contributed by atoms with Gasteiger partial charge in [0.1, 0.15) is 28.7 Å². The first-order valence-corrected chi connectivity index (χ1v) is 16.9. The molecule has 0 saturated heterocycles. The van der Waals surface area contributed by atoms with Gasteiger partial charge in [-0.1, -0.05) is 36.4 Å². The smallest absolute Gasteiger partial charge is 0.311 e. The third-order valence-corrected chi connectivity index (χ3v) is 9.76. The van der Waals surface area contributed by atoms with Crippen LogP contribution in [-0.4, -0.2) is 95.3 Å². The number of likely N-dealkylation sites (N-methyl/N-ethyl adjacent to an activating group) is 1. The number of rotatable bonds is 7. The van der Waals surface area contributed by atoms with Crippen molar-refractivity contribution in [3.8, 4) is 17.2 Å². The van der Waals surface area contributed by atoms with Gasteiger partial charge >= 0.3 is 11.4 Å². The number of phenols is 1. The fraction of sp³-hybridized carbons (Fsp3) is 0.278. The molecule has 2 amide bonds. The van der Waals surface area contributed by atoms with E-state index in [1.54, 1.807) is 12.1 Å². The number of fused-ring (bicyclic) bond motifs is 3. The third-order valence-electron chi connectivity index (χ3n) is 9.50. The first-order chi connectivity index (χ1) is 26.1. The lowest BCUT2D eigenvalue weighted by Gasteiger charge is -2.52. The van der Waals surface area contributed by atoms with Crippen molar-refractivity contribution in [2.24, 2.45) is 23.3 Å². The summed E-state index contributed by atoms with van der Waals surface area (Å²) in [6, 6.07) is 14.4. The lowest BCUT2D eigenvalue weighted by Crippen LogP contribution is -2.65. The van der Waals surface area contributed by atoms with Crippen LogP contribution in [0, 0.1) is 32.1 Å². The van der Waals surface area contributed by atoms with Gasteiger partial charge in [0.25, 0.3) is 5.91 Å². The Labute approximate surface area is 322 Å². The second kappa shape index (κ2) is 16.1. The van der Waals surface area contributed by atoms with E-state index < -0.39 is 90.7 Å². The monoisotopic (exact) mass is 797 g/mol. The maximum Gasteiger partial charge on any atom is 0.311 e. The average Bonchev–Trinajstić information content (AvgIpc) is 3.12. The van der Waals surface area contributed by atoms with Crippen LogP contribution >= 0.6 is 11.6 Å². The molecule has 0 heterocycles. The predicted molar refractivity (Wildman–Crippen MR) is 196 cm³/mol. The largest absolute Gasteiger partial charge is 0.510 e. The van der Waals surface area contributed by atoms with E-state index in [1.165, 1.54) is 80.5 Å². The molecule has 5 atom stereocenters. The number of primary amides is 2. The van der Waals surface area contributed by atoms with Crippen molar-refractivity contribution >= 4 is 46.4 Å². The summed E-state index contributed by atoms with van der Waals surface area (Å²) in [5.74, 6) is -8.53. The molecule has 19 nitrogen and oxygen atoms in total. The number of ketones is 2. The molecule has 3 aromatic carbocycles. The molecule has 0 aromatic heterocycles. The predicted octanol–water partition coefficient (Wildman–Crippen LogP) is 2.79. The number of halogens is 1. The van der Waals surface area contributed by atoms with E-state index in [0.717, 1.165) is 0 Å². The van der Waals surface area contributed by atoms with E-state index in [1.807, 2.05) is 0 Å². The van der Waals surface area contributed by atoms with Gasteiger partial charge in [-0.2, -0.15) is 0 Å². The minimum absolute atomic E-state index is 0.0400. The zero-order valence-electron chi connectivity index (χ0n) is 29.8. The van der Waals surface area contributed by atoms with Crippen LogP contribution in [0.5, 0.6) is 17.2 Å².